The molecule has 2 aromatic rings. The van der Waals surface area contributed by atoms with Crippen molar-refractivity contribution < 1.29 is 9.53 Å². The molecule has 4 nitrogen and oxygen atoms in total. The van der Waals surface area contributed by atoms with E-state index in [2.05, 4.69) is 33.1 Å². The van der Waals surface area contributed by atoms with Crippen LogP contribution in [0, 0.1) is 10.5 Å². The van der Waals surface area contributed by atoms with E-state index in [1.807, 2.05) is 31.2 Å². The molecule has 0 unspecified atom stereocenters. The Hall–Kier alpha value is -1.89. The lowest BCUT2D eigenvalue weighted by Gasteiger charge is -2.05. The Balaban J connectivity index is 2.03. The van der Waals surface area contributed by atoms with Crippen molar-refractivity contribution in [2.75, 3.05) is 7.11 Å². The van der Waals surface area contributed by atoms with Crippen LogP contribution in [0.15, 0.2) is 47.6 Å². The third-order valence-electron chi connectivity index (χ3n) is 2.84. The number of ether oxygens (including phenoxy) is 1. The molecule has 2 rings (SSSR count). The van der Waals surface area contributed by atoms with E-state index in [0.717, 1.165) is 20.4 Å². The quantitative estimate of drug-likeness (QED) is 0.491. The summed E-state index contributed by atoms with van der Waals surface area (Å²) >= 11 is 2.13. The number of nitrogens with one attached hydrogen (secondary N) is 1. The van der Waals surface area contributed by atoms with Gasteiger partial charge >= 0.3 is 0 Å². The Kier molecular flexibility index (Phi) is 5.32. The molecule has 0 heterocycles. The van der Waals surface area contributed by atoms with E-state index in [4.69, 9.17) is 4.74 Å². The zero-order chi connectivity index (χ0) is 15.2. The molecule has 0 fully saturated rings. The summed E-state index contributed by atoms with van der Waals surface area (Å²) in [6, 6.07) is 13.1. The fraction of sp³-hybridized carbons (Fsp3) is 0.125. The molecule has 0 aromatic heterocycles. The van der Waals surface area contributed by atoms with Crippen molar-refractivity contribution in [2.24, 2.45) is 5.10 Å². The third-order valence-corrected chi connectivity index (χ3v) is 3.68. The van der Waals surface area contributed by atoms with E-state index in [9.17, 15) is 4.79 Å². The molecular weight excluding hydrogens is 379 g/mol. The first-order valence-corrected chi connectivity index (χ1v) is 7.41. The van der Waals surface area contributed by atoms with Gasteiger partial charge in [0.15, 0.2) is 0 Å². The number of rotatable bonds is 4. The van der Waals surface area contributed by atoms with Crippen LogP contribution in [0.4, 0.5) is 0 Å². The molecular formula is C16H15IN2O2. The highest BCUT2D eigenvalue weighted by Gasteiger charge is 2.07. The van der Waals surface area contributed by atoms with Gasteiger partial charge in [0.2, 0.25) is 0 Å². The van der Waals surface area contributed by atoms with Gasteiger partial charge in [-0.15, -0.1) is 0 Å². The van der Waals surface area contributed by atoms with Crippen molar-refractivity contribution in [2.45, 2.75) is 6.92 Å². The molecule has 0 saturated heterocycles. The van der Waals surface area contributed by atoms with E-state index in [1.54, 1.807) is 31.5 Å². The molecule has 21 heavy (non-hydrogen) atoms. The largest absolute Gasteiger partial charge is 0.496 e. The Morgan fingerprint density at radius 1 is 1.29 bits per heavy atom. The molecule has 0 bridgehead atoms. The zero-order valence-electron chi connectivity index (χ0n) is 11.8. The lowest BCUT2D eigenvalue weighted by Crippen LogP contribution is -2.17. The molecule has 108 valence electrons. The second kappa shape index (κ2) is 7.21. The van der Waals surface area contributed by atoms with Gasteiger partial charge in [-0.1, -0.05) is 29.8 Å². The molecule has 0 radical (unpaired) electrons. The monoisotopic (exact) mass is 394 g/mol. The summed E-state index contributed by atoms with van der Waals surface area (Å²) in [5.41, 5.74) is 5.15. The average Bonchev–Trinajstić information content (AvgIpc) is 2.47. The highest BCUT2D eigenvalue weighted by Crippen LogP contribution is 2.21. The summed E-state index contributed by atoms with van der Waals surface area (Å²) in [6.45, 7) is 2.01. The molecule has 0 aliphatic carbocycles. The Bertz CT molecular complexity index is 684. The number of hydrazone groups is 1. The molecule has 0 saturated carbocycles. The van der Waals surface area contributed by atoms with Crippen molar-refractivity contribution in [3.05, 3.63) is 62.7 Å². The van der Waals surface area contributed by atoms with Crippen LogP contribution in [0.5, 0.6) is 5.75 Å². The number of hydrogen-bond acceptors (Lipinski definition) is 3. The van der Waals surface area contributed by atoms with Crippen LogP contribution >= 0.6 is 22.6 Å². The highest BCUT2D eigenvalue weighted by atomic mass is 127. The van der Waals surface area contributed by atoms with E-state index in [-0.39, 0.29) is 5.91 Å². The molecule has 1 N–H and O–H groups in total. The summed E-state index contributed by atoms with van der Waals surface area (Å²) in [5.74, 6) is 0.495. The summed E-state index contributed by atoms with van der Waals surface area (Å²) in [4.78, 5) is 12.0. The first kappa shape index (κ1) is 15.5. The van der Waals surface area contributed by atoms with Crippen LogP contribution < -0.4 is 10.2 Å². The maximum absolute atomic E-state index is 12.0. The summed E-state index contributed by atoms with van der Waals surface area (Å²) in [5, 5.41) is 3.97. The number of nitrogens with zero attached hydrogens (tertiary/aromatic N) is 1. The van der Waals surface area contributed by atoms with E-state index >= 15 is 0 Å². The SMILES string of the molecule is COc1ccc(C(=O)NN=Cc2cccc(C)c2)cc1I. The normalized spacial score (nSPS) is 10.6. The van der Waals surface area contributed by atoms with Crippen molar-refractivity contribution in [1.29, 1.82) is 0 Å². The van der Waals surface area contributed by atoms with Crippen molar-refractivity contribution in [1.82, 2.24) is 5.43 Å². The average molecular weight is 394 g/mol. The van der Waals surface area contributed by atoms with E-state index in [1.165, 1.54) is 0 Å². The van der Waals surface area contributed by atoms with Crippen molar-refractivity contribution >= 4 is 34.7 Å². The van der Waals surface area contributed by atoms with Crippen molar-refractivity contribution in [3.8, 4) is 5.75 Å². The number of amides is 1. The van der Waals surface area contributed by atoms with Gasteiger partial charge in [0.05, 0.1) is 16.9 Å². The number of aryl methyl sites for hydroxylation is 1. The predicted octanol–water partition coefficient (Wildman–Crippen LogP) is 3.37. The standard InChI is InChI=1S/C16H15IN2O2/c1-11-4-3-5-12(8-11)10-18-19-16(20)13-6-7-15(21-2)14(17)9-13/h3-10H,1-2H3,(H,19,20). The molecule has 0 atom stereocenters. The van der Waals surface area contributed by atoms with Gasteiger partial charge in [0, 0.05) is 5.56 Å². The molecule has 1 amide bonds. The van der Waals surface area contributed by atoms with Crippen LogP contribution in [0.1, 0.15) is 21.5 Å². The number of halogens is 1. The van der Waals surface area contributed by atoms with E-state index < -0.39 is 0 Å². The number of benzene rings is 2. The minimum atomic E-state index is -0.250. The Morgan fingerprint density at radius 3 is 2.76 bits per heavy atom. The van der Waals surface area contributed by atoms with Crippen molar-refractivity contribution in [3.63, 3.8) is 0 Å². The zero-order valence-corrected chi connectivity index (χ0v) is 13.9. The number of carbonyl (C=O) groups is 1. The van der Waals surface area contributed by atoms with Gasteiger partial charge in [-0.25, -0.2) is 5.43 Å². The first-order chi connectivity index (χ1) is 10.1. The van der Waals surface area contributed by atoms with Gasteiger partial charge in [-0.05, 0) is 53.3 Å². The fourth-order valence-corrected chi connectivity index (χ4v) is 2.52. The van der Waals surface area contributed by atoms with Crippen LogP contribution in [-0.2, 0) is 0 Å². The number of carbonyl (C=O) groups excluding carboxylic acids is 1. The molecule has 2 aromatic carbocycles. The van der Waals surface area contributed by atoms with Gasteiger partial charge in [-0.3, -0.25) is 4.79 Å². The second-order valence-corrected chi connectivity index (χ2v) is 5.62. The lowest BCUT2D eigenvalue weighted by molar-refractivity contribution is 0.0955. The van der Waals surface area contributed by atoms with Crippen LogP contribution in [0.2, 0.25) is 0 Å². The molecule has 0 aliphatic rings. The topological polar surface area (TPSA) is 50.7 Å². The highest BCUT2D eigenvalue weighted by molar-refractivity contribution is 14.1. The fourth-order valence-electron chi connectivity index (χ4n) is 1.79. The summed E-state index contributed by atoms with van der Waals surface area (Å²) in [6.07, 6.45) is 1.62. The maximum Gasteiger partial charge on any atom is 0.271 e. The minimum absolute atomic E-state index is 0.250. The second-order valence-electron chi connectivity index (χ2n) is 4.46. The van der Waals surface area contributed by atoms with Gasteiger partial charge in [-0.2, -0.15) is 5.10 Å². The van der Waals surface area contributed by atoms with Gasteiger partial charge in [0.25, 0.3) is 5.91 Å². The summed E-state index contributed by atoms with van der Waals surface area (Å²) < 4.78 is 6.04. The Morgan fingerprint density at radius 2 is 2.10 bits per heavy atom. The molecule has 0 aliphatic heterocycles. The van der Waals surface area contributed by atoms with Gasteiger partial charge < -0.3 is 4.74 Å². The van der Waals surface area contributed by atoms with Crippen LogP contribution in [0.3, 0.4) is 0 Å². The minimum Gasteiger partial charge on any atom is -0.496 e. The molecule has 5 heteroatoms. The number of hydrogen-bond donors (Lipinski definition) is 1. The predicted molar refractivity (Wildman–Crippen MR) is 92.0 cm³/mol. The lowest BCUT2D eigenvalue weighted by atomic mass is 10.2. The molecule has 0 spiro atoms. The van der Waals surface area contributed by atoms with Gasteiger partial charge in [0.1, 0.15) is 5.75 Å². The van der Waals surface area contributed by atoms with E-state index in [0.29, 0.717) is 5.56 Å². The smallest absolute Gasteiger partial charge is 0.271 e. The van der Waals surface area contributed by atoms with Crippen LogP contribution in [-0.4, -0.2) is 19.2 Å². The Labute approximate surface area is 137 Å². The maximum atomic E-state index is 12.0. The number of methoxy groups -OCH3 is 1. The summed E-state index contributed by atoms with van der Waals surface area (Å²) in [7, 11) is 1.60. The third kappa shape index (κ3) is 4.29. The van der Waals surface area contributed by atoms with Crippen LogP contribution in [0.25, 0.3) is 0 Å². The first-order valence-electron chi connectivity index (χ1n) is 6.34.